The highest BCUT2D eigenvalue weighted by Crippen LogP contribution is 2.23. The molecule has 16 heavy (non-hydrogen) atoms. The van der Waals surface area contributed by atoms with Crippen LogP contribution in [0, 0.1) is 5.92 Å². The minimum absolute atomic E-state index is 0.00578. The number of nitrogens with two attached hydrogens (primary N) is 1. The van der Waals surface area contributed by atoms with E-state index in [1.807, 2.05) is 23.5 Å². The van der Waals surface area contributed by atoms with E-state index in [-0.39, 0.29) is 11.8 Å². The van der Waals surface area contributed by atoms with Crippen LogP contribution < -0.4 is 11.1 Å². The number of rotatable bonds is 6. The Morgan fingerprint density at radius 1 is 1.56 bits per heavy atom. The van der Waals surface area contributed by atoms with Gasteiger partial charge in [-0.3, -0.25) is 4.79 Å². The van der Waals surface area contributed by atoms with E-state index in [4.69, 9.17) is 5.73 Å². The first-order valence-corrected chi connectivity index (χ1v) is 8.15. The number of thioether (sulfide) groups is 2. The van der Waals surface area contributed by atoms with Crippen molar-refractivity contribution in [1.29, 1.82) is 0 Å². The van der Waals surface area contributed by atoms with Crippen molar-refractivity contribution in [2.75, 3.05) is 30.3 Å². The second-order valence-electron chi connectivity index (χ2n) is 4.03. The Labute approximate surface area is 107 Å². The van der Waals surface area contributed by atoms with Gasteiger partial charge < -0.3 is 11.1 Å². The van der Waals surface area contributed by atoms with Crippen LogP contribution in [0.1, 0.15) is 19.8 Å². The molecule has 1 aliphatic rings. The Kier molecular flexibility index (Phi) is 7.32. The molecule has 0 aromatic heterocycles. The Morgan fingerprint density at radius 3 is 2.94 bits per heavy atom. The zero-order valence-electron chi connectivity index (χ0n) is 9.91. The number of amides is 1. The second kappa shape index (κ2) is 8.25. The third-order valence-corrected chi connectivity index (χ3v) is 5.53. The SMILES string of the molecule is CCCC(CN)C(=O)NCC1CSCCS1. The van der Waals surface area contributed by atoms with Crippen LogP contribution in [0.2, 0.25) is 0 Å². The molecule has 3 nitrogen and oxygen atoms in total. The maximum absolute atomic E-state index is 11.8. The molecule has 5 heteroatoms. The highest BCUT2D eigenvalue weighted by atomic mass is 32.2. The molecule has 1 heterocycles. The molecular weight excluding hydrogens is 240 g/mol. The number of carbonyl (C=O) groups is 1. The standard InChI is InChI=1S/C11H22N2OS2/c1-2-3-9(6-12)11(14)13-7-10-8-15-4-5-16-10/h9-10H,2-8,12H2,1H3,(H,13,14). The van der Waals surface area contributed by atoms with Crippen LogP contribution >= 0.6 is 23.5 Å². The summed E-state index contributed by atoms with van der Waals surface area (Å²) in [6, 6.07) is 0. The Balaban J connectivity index is 2.21. The summed E-state index contributed by atoms with van der Waals surface area (Å²) in [5.74, 6) is 3.76. The monoisotopic (exact) mass is 262 g/mol. The van der Waals surface area contributed by atoms with Crippen molar-refractivity contribution < 1.29 is 4.79 Å². The summed E-state index contributed by atoms with van der Waals surface area (Å²) in [5, 5.41) is 3.62. The fourth-order valence-corrected chi connectivity index (χ4v) is 4.33. The summed E-state index contributed by atoms with van der Waals surface area (Å²) >= 11 is 3.95. The third-order valence-electron chi connectivity index (χ3n) is 2.68. The number of hydrogen-bond acceptors (Lipinski definition) is 4. The van der Waals surface area contributed by atoms with Crippen LogP contribution in [0.15, 0.2) is 0 Å². The highest BCUT2D eigenvalue weighted by Gasteiger charge is 2.19. The number of hydrogen-bond donors (Lipinski definition) is 2. The van der Waals surface area contributed by atoms with Crippen molar-refractivity contribution in [1.82, 2.24) is 5.32 Å². The van der Waals surface area contributed by atoms with Gasteiger partial charge in [-0.05, 0) is 6.42 Å². The van der Waals surface area contributed by atoms with Crippen LogP contribution in [0.25, 0.3) is 0 Å². The van der Waals surface area contributed by atoms with Gasteiger partial charge in [-0.15, -0.1) is 0 Å². The number of nitrogens with one attached hydrogen (secondary N) is 1. The molecule has 0 aliphatic carbocycles. The first kappa shape index (κ1) is 14.2. The molecule has 3 N–H and O–H groups in total. The quantitative estimate of drug-likeness (QED) is 0.758. The smallest absolute Gasteiger partial charge is 0.224 e. The highest BCUT2D eigenvalue weighted by molar-refractivity contribution is 8.06. The van der Waals surface area contributed by atoms with Gasteiger partial charge in [-0.2, -0.15) is 23.5 Å². The maximum atomic E-state index is 11.8. The molecule has 0 bridgehead atoms. The molecule has 0 radical (unpaired) electrons. The van der Waals surface area contributed by atoms with E-state index < -0.39 is 0 Å². The van der Waals surface area contributed by atoms with Crippen LogP contribution in [0.5, 0.6) is 0 Å². The van der Waals surface area contributed by atoms with Crippen molar-refractivity contribution in [2.45, 2.75) is 25.0 Å². The van der Waals surface area contributed by atoms with Gasteiger partial charge in [0.2, 0.25) is 5.91 Å². The zero-order chi connectivity index (χ0) is 11.8. The summed E-state index contributed by atoms with van der Waals surface area (Å²) in [5.41, 5.74) is 5.60. The number of carbonyl (C=O) groups excluding carboxylic acids is 1. The molecule has 1 fully saturated rings. The molecule has 94 valence electrons. The van der Waals surface area contributed by atoms with Gasteiger partial charge in [0.05, 0.1) is 5.92 Å². The lowest BCUT2D eigenvalue weighted by atomic mass is 10.0. The van der Waals surface area contributed by atoms with Crippen molar-refractivity contribution in [3.63, 3.8) is 0 Å². The van der Waals surface area contributed by atoms with Gasteiger partial charge in [0.25, 0.3) is 0 Å². The second-order valence-corrected chi connectivity index (χ2v) is 6.59. The molecule has 1 rings (SSSR count). The minimum atomic E-state index is 0.00578. The summed E-state index contributed by atoms with van der Waals surface area (Å²) in [6.07, 6.45) is 1.91. The third kappa shape index (κ3) is 4.97. The van der Waals surface area contributed by atoms with Gasteiger partial charge in [-0.1, -0.05) is 13.3 Å². The summed E-state index contributed by atoms with van der Waals surface area (Å²) < 4.78 is 0. The van der Waals surface area contributed by atoms with Gasteiger partial charge in [0.15, 0.2) is 0 Å². The van der Waals surface area contributed by atoms with Gasteiger partial charge in [0, 0.05) is 35.6 Å². The molecule has 2 atom stereocenters. The van der Waals surface area contributed by atoms with E-state index >= 15 is 0 Å². The van der Waals surface area contributed by atoms with Crippen LogP contribution in [0.3, 0.4) is 0 Å². The molecule has 1 amide bonds. The Bertz CT molecular complexity index is 208. The fourth-order valence-electron chi connectivity index (χ4n) is 1.72. The lowest BCUT2D eigenvalue weighted by Crippen LogP contribution is -2.39. The molecule has 0 aromatic rings. The van der Waals surface area contributed by atoms with Crippen LogP contribution in [-0.2, 0) is 4.79 Å². The Morgan fingerprint density at radius 2 is 2.38 bits per heavy atom. The molecule has 0 aromatic carbocycles. The Hall–Kier alpha value is 0.130. The molecule has 1 aliphatic heterocycles. The maximum Gasteiger partial charge on any atom is 0.224 e. The summed E-state index contributed by atoms with van der Waals surface area (Å²) in [4.78, 5) is 11.8. The average Bonchev–Trinajstić information content (AvgIpc) is 2.34. The van der Waals surface area contributed by atoms with E-state index in [1.54, 1.807) is 0 Å². The minimum Gasteiger partial charge on any atom is -0.355 e. The molecular formula is C11H22N2OS2. The molecule has 0 saturated carbocycles. The van der Waals surface area contributed by atoms with Crippen molar-refractivity contribution >= 4 is 29.4 Å². The topological polar surface area (TPSA) is 55.1 Å². The normalized spacial score (nSPS) is 22.8. The predicted molar refractivity (Wildman–Crippen MR) is 74.0 cm³/mol. The lowest BCUT2D eigenvalue weighted by molar-refractivity contribution is -0.124. The van der Waals surface area contributed by atoms with E-state index in [0.29, 0.717) is 11.8 Å². The van der Waals surface area contributed by atoms with E-state index in [1.165, 1.54) is 11.5 Å². The molecule has 1 saturated heterocycles. The van der Waals surface area contributed by atoms with Crippen molar-refractivity contribution in [3.8, 4) is 0 Å². The van der Waals surface area contributed by atoms with Crippen molar-refractivity contribution in [3.05, 3.63) is 0 Å². The van der Waals surface area contributed by atoms with E-state index in [2.05, 4.69) is 12.2 Å². The first-order chi connectivity index (χ1) is 7.77. The predicted octanol–water partition coefficient (Wildman–Crippen LogP) is 1.33. The fraction of sp³-hybridized carbons (Fsp3) is 0.909. The lowest BCUT2D eigenvalue weighted by Gasteiger charge is -2.22. The first-order valence-electron chi connectivity index (χ1n) is 5.95. The summed E-state index contributed by atoms with van der Waals surface area (Å²) in [6.45, 7) is 3.35. The van der Waals surface area contributed by atoms with Gasteiger partial charge >= 0.3 is 0 Å². The van der Waals surface area contributed by atoms with Gasteiger partial charge in [-0.25, -0.2) is 0 Å². The molecule has 2 unspecified atom stereocenters. The molecule has 0 spiro atoms. The van der Waals surface area contributed by atoms with Gasteiger partial charge in [0.1, 0.15) is 0 Å². The van der Waals surface area contributed by atoms with E-state index in [0.717, 1.165) is 25.1 Å². The van der Waals surface area contributed by atoms with E-state index in [9.17, 15) is 4.79 Å². The summed E-state index contributed by atoms with van der Waals surface area (Å²) in [7, 11) is 0. The van der Waals surface area contributed by atoms with Crippen LogP contribution in [-0.4, -0.2) is 41.5 Å². The average molecular weight is 262 g/mol. The van der Waals surface area contributed by atoms with Crippen molar-refractivity contribution in [2.24, 2.45) is 11.7 Å². The zero-order valence-corrected chi connectivity index (χ0v) is 11.5. The largest absolute Gasteiger partial charge is 0.355 e. The van der Waals surface area contributed by atoms with Crippen LogP contribution in [0.4, 0.5) is 0 Å².